The van der Waals surface area contributed by atoms with Crippen molar-refractivity contribution >= 4 is 28.3 Å². The molecule has 2 aromatic carbocycles. The number of hydrogen-bond acceptors (Lipinski definition) is 5. The minimum atomic E-state index is -0.547. The molecule has 0 saturated heterocycles. The van der Waals surface area contributed by atoms with Gasteiger partial charge < -0.3 is 24.9 Å². The van der Waals surface area contributed by atoms with E-state index in [2.05, 4.69) is 10.6 Å². The molecule has 3 aromatic rings. The fourth-order valence-electron chi connectivity index (χ4n) is 2.64. The molecule has 0 fully saturated rings. The number of furan rings is 1. The highest BCUT2D eigenvalue weighted by Crippen LogP contribution is 2.32. The van der Waals surface area contributed by atoms with E-state index in [0.29, 0.717) is 11.4 Å². The summed E-state index contributed by atoms with van der Waals surface area (Å²) in [6.45, 7) is 1.44. The fraction of sp³-hybridized carbons (Fsp3) is 0.211. The molecule has 1 aromatic heterocycles. The normalized spacial score (nSPS) is 12.0. The summed E-state index contributed by atoms with van der Waals surface area (Å²) in [5.74, 6) is 1.03. The van der Waals surface area contributed by atoms with Gasteiger partial charge in [0.2, 0.25) is 5.91 Å². The van der Waals surface area contributed by atoms with Crippen LogP contribution in [0.5, 0.6) is 5.75 Å². The molecule has 3 rings (SSSR count). The van der Waals surface area contributed by atoms with Gasteiger partial charge in [-0.15, -0.1) is 0 Å². The van der Waals surface area contributed by atoms with E-state index in [1.165, 1.54) is 0 Å². The summed E-state index contributed by atoms with van der Waals surface area (Å²) in [6, 6.07) is 14.9. The highest BCUT2D eigenvalue weighted by Gasteiger charge is 2.14. The van der Waals surface area contributed by atoms with E-state index in [9.17, 15) is 4.79 Å². The Kier molecular flexibility index (Phi) is 4.90. The van der Waals surface area contributed by atoms with Crippen molar-refractivity contribution in [2.75, 3.05) is 24.4 Å². The number of hydrogen-bond donors (Lipinski definition) is 3. The first-order valence-corrected chi connectivity index (χ1v) is 7.94. The summed E-state index contributed by atoms with van der Waals surface area (Å²) >= 11 is 0. The third-order valence-electron chi connectivity index (χ3n) is 3.85. The maximum atomic E-state index is 11.3. The van der Waals surface area contributed by atoms with Crippen LogP contribution in [0, 0.1) is 0 Å². The average Bonchev–Trinajstić information content (AvgIpc) is 3.06. The SMILES string of the molecule is COc1cccc2cc([C@@H](C)Nc3cccc(NC(=O)CO)c3)oc12. The quantitative estimate of drug-likeness (QED) is 0.639. The van der Waals surface area contributed by atoms with Crippen molar-refractivity contribution in [2.24, 2.45) is 0 Å². The molecule has 130 valence electrons. The summed E-state index contributed by atoms with van der Waals surface area (Å²) in [5, 5.41) is 15.8. The first-order valence-electron chi connectivity index (χ1n) is 7.94. The van der Waals surface area contributed by atoms with Gasteiger partial charge in [-0.3, -0.25) is 4.79 Å². The Hall–Kier alpha value is -2.99. The lowest BCUT2D eigenvalue weighted by Crippen LogP contribution is -2.15. The van der Waals surface area contributed by atoms with Crippen LogP contribution < -0.4 is 15.4 Å². The first-order chi connectivity index (χ1) is 12.1. The zero-order valence-electron chi connectivity index (χ0n) is 14.1. The third-order valence-corrected chi connectivity index (χ3v) is 3.85. The molecule has 0 spiro atoms. The van der Waals surface area contributed by atoms with Gasteiger partial charge in [-0.05, 0) is 37.3 Å². The number of carbonyl (C=O) groups excluding carboxylic acids is 1. The van der Waals surface area contributed by atoms with Crippen molar-refractivity contribution in [3.05, 3.63) is 54.3 Å². The Labute approximate surface area is 145 Å². The van der Waals surface area contributed by atoms with Gasteiger partial charge in [0.1, 0.15) is 12.4 Å². The Morgan fingerprint density at radius 3 is 2.72 bits per heavy atom. The minimum absolute atomic E-state index is 0.0825. The molecule has 0 radical (unpaired) electrons. The van der Waals surface area contributed by atoms with Crippen LogP contribution in [0.25, 0.3) is 11.0 Å². The van der Waals surface area contributed by atoms with Crippen LogP contribution in [0.2, 0.25) is 0 Å². The topological polar surface area (TPSA) is 83.7 Å². The van der Waals surface area contributed by atoms with E-state index in [0.717, 1.165) is 22.4 Å². The molecule has 0 unspecified atom stereocenters. The van der Waals surface area contributed by atoms with E-state index in [4.69, 9.17) is 14.3 Å². The first kappa shape index (κ1) is 16.9. The van der Waals surface area contributed by atoms with Crippen LogP contribution in [-0.2, 0) is 4.79 Å². The van der Waals surface area contributed by atoms with E-state index in [1.54, 1.807) is 19.2 Å². The molecule has 0 aliphatic carbocycles. The van der Waals surface area contributed by atoms with Crippen LogP contribution in [0.15, 0.2) is 52.9 Å². The molecule has 25 heavy (non-hydrogen) atoms. The smallest absolute Gasteiger partial charge is 0.250 e. The molecule has 0 saturated carbocycles. The number of aliphatic hydroxyl groups excluding tert-OH is 1. The van der Waals surface area contributed by atoms with Gasteiger partial charge in [0.15, 0.2) is 11.3 Å². The second kappa shape index (κ2) is 7.27. The van der Waals surface area contributed by atoms with Gasteiger partial charge in [-0.2, -0.15) is 0 Å². The number of fused-ring (bicyclic) bond motifs is 1. The van der Waals surface area contributed by atoms with Crippen molar-refractivity contribution in [2.45, 2.75) is 13.0 Å². The third kappa shape index (κ3) is 3.75. The Balaban J connectivity index is 1.79. The minimum Gasteiger partial charge on any atom is -0.493 e. The number of aliphatic hydroxyl groups is 1. The van der Waals surface area contributed by atoms with E-state index in [1.807, 2.05) is 43.3 Å². The number of amides is 1. The van der Waals surface area contributed by atoms with E-state index < -0.39 is 12.5 Å². The Morgan fingerprint density at radius 1 is 1.20 bits per heavy atom. The summed E-state index contributed by atoms with van der Waals surface area (Å²) in [5.41, 5.74) is 2.16. The van der Waals surface area contributed by atoms with Gasteiger partial charge in [0, 0.05) is 16.8 Å². The molecular weight excluding hydrogens is 320 g/mol. The predicted octanol–water partition coefficient (Wildman–Crippen LogP) is 3.55. The number of anilines is 2. The molecule has 1 heterocycles. The number of benzene rings is 2. The molecule has 6 heteroatoms. The van der Waals surface area contributed by atoms with E-state index in [-0.39, 0.29) is 6.04 Å². The summed E-state index contributed by atoms with van der Waals surface area (Å²) in [7, 11) is 1.62. The number of para-hydroxylation sites is 1. The molecule has 0 bridgehead atoms. The van der Waals surface area contributed by atoms with Gasteiger partial charge >= 0.3 is 0 Å². The lowest BCUT2D eigenvalue weighted by molar-refractivity contribution is -0.118. The second-order valence-electron chi connectivity index (χ2n) is 5.68. The second-order valence-corrected chi connectivity index (χ2v) is 5.68. The molecule has 1 atom stereocenters. The lowest BCUT2D eigenvalue weighted by Gasteiger charge is -2.14. The zero-order chi connectivity index (χ0) is 17.8. The van der Waals surface area contributed by atoms with Crippen molar-refractivity contribution in [1.29, 1.82) is 0 Å². The van der Waals surface area contributed by atoms with Crippen molar-refractivity contribution in [3.63, 3.8) is 0 Å². The predicted molar refractivity (Wildman–Crippen MR) is 97.0 cm³/mol. The summed E-state index contributed by atoms with van der Waals surface area (Å²) in [4.78, 5) is 11.3. The summed E-state index contributed by atoms with van der Waals surface area (Å²) in [6.07, 6.45) is 0. The molecule has 3 N–H and O–H groups in total. The zero-order valence-corrected chi connectivity index (χ0v) is 14.1. The van der Waals surface area contributed by atoms with Crippen molar-refractivity contribution < 1.29 is 19.1 Å². The number of ether oxygens (including phenoxy) is 1. The van der Waals surface area contributed by atoms with Gasteiger partial charge in [-0.1, -0.05) is 18.2 Å². The van der Waals surface area contributed by atoms with Gasteiger partial charge in [0.05, 0.1) is 13.2 Å². The molecule has 0 aliphatic heterocycles. The molecule has 1 amide bonds. The standard InChI is InChI=1S/C19H20N2O4/c1-12(17-9-13-5-3-8-16(24-2)19(13)25-17)20-14-6-4-7-15(10-14)21-18(23)11-22/h3-10,12,20,22H,11H2,1-2H3,(H,21,23)/t12-/m1/s1. The monoisotopic (exact) mass is 340 g/mol. The van der Waals surface area contributed by atoms with Crippen molar-refractivity contribution in [1.82, 2.24) is 0 Å². The maximum absolute atomic E-state index is 11.3. The van der Waals surface area contributed by atoms with Crippen LogP contribution >= 0.6 is 0 Å². The summed E-state index contributed by atoms with van der Waals surface area (Å²) < 4.78 is 11.3. The molecule has 0 aliphatic rings. The van der Waals surface area contributed by atoms with Gasteiger partial charge in [0.25, 0.3) is 0 Å². The van der Waals surface area contributed by atoms with Crippen LogP contribution in [-0.4, -0.2) is 24.7 Å². The number of methoxy groups -OCH3 is 1. The Bertz CT molecular complexity index is 888. The van der Waals surface area contributed by atoms with Gasteiger partial charge in [-0.25, -0.2) is 0 Å². The highest BCUT2D eigenvalue weighted by atomic mass is 16.5. The van der Waals surface area contributed by atoms with Crippen LogP contribution in [0.1, 0.15) is 18.7 Å². The van der Waals surface area contributed by atoms with Crippen LogP contribution in [0.4, 0.5) is 11.4 Å². The Morgan fingerprint density at radius 2 is 1.96 bits per heavy atom. The highest BCUT2D eigenvalue weighted by molar-refractivity contribution is 5.92. The molecular formula is C19H20N2O4. The number of nitrogens with one attached hydrogen (secondary N) is 2. The van der Waals surface area contributed by atoms with E-state index >= 15 is 0 Å². The lowest BCUT2D eigenvalue weighted by atomic mass is 10.2. The largest absolute Gasteiger partial charge is 0.493 e. The number of carbonyl (C=O) groups is 1. The fourth-order valence-corrected chi connectivity index (χ4v) is 2.64. The van der Waals surface area contributed by atoms with Crippen molar-refractivity contribution in [3.8, 4) is 5.75 Å². The van der Waals surface area contributed by atoms with Crippen LogP contribution in [0.3, 0.4) is 0 Å². The average molecular weight is 340 g/mol. The molecule has 6 nitrogen and oxygen atoms in total. The maximum Gasteiger partial charge on any atom is 0.250 e. The number of rotatable bonds is 6.